The third kappa shape index (κ3) is 3.79. The molecule has 17 heavy (non-hydrogen) atoms. The van der Waals surface area contributed by atoms with E-state index in [2.05, 4.69) is 31.3 Å². The molecule has 1 atom stereocenters. The van der Waals surface area contributed by atoms with Gasteiger partial charge >= 0.3 is 0 Å². The van der Waals surface area contributed by atoms with Crippen molar-refractivity contribution in [1.29, 1.82) is 0 Å². The zero-order chi connectivity index (χ0) is 11.4. The standard InChI is InChI=1S/C13H19NO2.ClH/c1-3-6-14-10(2)7-11-4-5-12-13(8-11)16-9-15-12;/h4-5,8,10,14H,3,6-7,9H2,1-2H3;1H. The molecule has 0 bridgehead atoms. The zero-order valence-electron chi connectivity index (χ0n) is 10.4. The summed E-state index contributed by atoms with van der Waals surface area (Å²) in [7, 11) is 0. The first-order chi connectivity index (χ1) is 7.79. The Morgan fingerprint density at radius 3 is 2.82 bits per heavy atom. The van der Waals surface area contributed by atoms with E-state index in [1.165, 1.54) is 12.0 Å². The van der Waals surface area contributed by atoms with Gasteiger partial charge in [0.2, 0.25) is 6.79 Å². The average molecular weight is 258 g/mol. The second kappa shape index (κ2) is 6.72. The van der Waals surface area contributed by atoms with Crippen LogP contribution in [-0.4, -0.2) is 19.4 Å². The van der Waals surface area contributed by atoms with Crippen LogP contribution < -0.4 is 14.8 Å². The van der Waals surface area contributed by atoms with Crippen LogP contribution in [0.1, 0.15) is 25.8 Å². The molecule has 1 N–H and O–H groups in total. The van der Waals surface area contributed by atoms with E-state index in [4.69, 9.17) is 9.47 Å². The molecule has 2 rings (SSSR count). The van der Waals surface area contributed by atoms with Crippen LogP contribution in [0.25, 0.3) is 0 Å². The van der Waals surface area contributed by atoms with Gasteiger partial charge in [0, 0.05) is 6.04 Å². The maximum atomic E-state index is 5.36. The molecular weight excluding hydrogens is 238 g/mol. The summed E-state index contributed by atoms with van der Waals surface area (Å²) in [6.45, 7) is 5.81. The monoisotopic (exact) mass is 257 g/mol. The molecule has 0 aromatic heterocycles. The smallest absolute Gasteiger partial charge is 0.231 e. The van der Waals surface area contributed by atoms with Gasteiger partial charge in [-0.15, -0.1) is 12.4 Å². The molecule has 4 heteroatoms. The Bertz CT molecular complexity index is 357. The molecule has 0 saturated heterocycles. The van der Waals surface area contributed by atoms with Crippen molar-refractivity contribution in [3.63, 3.8) is 0 Å². The van der Waals surface area contributed by atoms with Crippen LogP contribution in [0.15, 0.2) is 18.2 Å². The van der Waals surface area contributed by atoms with E-state index >= 15 is 0 Å². The minimum atomic E-state index is 0. The summed E-state index contributed by atoms with van der Waals surface area (Å²) in [5.74, 6) is 1.73. The first-order valence-corrected chi connectivity index (χ1v) is 5.91. The number of halogens is 1. The normalized spacial score (nSPS) is 14.2. The van der Waals surface area contributed by atoms with Crippen LogP contribution in [0.2, 0.25) is 0 Å². The molecule has 0 fully saturated rings. The van der Waals surface area contributed by atoms with Crippen molar-refractivity contribution >= 4 is 12.4 Å². The molecule has 96 valence electrons. The number of rotatable bonds is 5. The van der Waals surface area contributed by atoms with Gasteiger partial charge in [0.1, 0.15) is 0 Å². The molecule has 3 nitrogen and oxygen atoms in total. The molecule has 1 aromatic rings. The van der Waals surface area contributed by atoms with Crippen molar-refractivity contribution in [1.82, 2.24) is 5.32 Å². The molecule has 0 spiro atoms. The highest BCUT2D eigenvalue weighted by Gasteiger charge is 2.13. The summed E-state index contributed by atoms with van der Waals surface area (Å²) >= 11 is 0. The fraction of sp³-hybridized carbons (Fsp3) is 0.538. The van der Waals surface area contributed by atoms with E-state index < -0.39 is 0 Å². The number of ether oxygens (including phenoxy) is 2. The number of nitrogens with one attached hydrogen (secondary N) is 1. The quantitative estimate of drug-likeness (QED) is 0.880. The van der Waals surface area contributed by atoms with Gasteiger partial charge in [-0.3, -0.25) is 0 Å². The summed E-state index contributed by atoms with van der Waals surface area (Å²) in [5, 5.41) is 3.48. The van der Waals surface area contributed by atoms with Crippen molar-refractivity contribution in [2.75, 3.05) is 13.3 Å². The highest BCUT2D eigenvalue weighted by Crippen LogP contribution is 2.32. The Labute approximate surface area is 109 Å². The summed E-state index contributed by atoms with van der Waals surface area (Å²) in [6, 6.07) is 6.68. The van der Waals surface area contributed by atoms with Gasteiger partial charge in [-0.1, -0.05) is 13.0 Å². The predicted octanol–water partition coefficient (Wildman–Crippen LogP) is 2.77. The molecule has 0 radical (unpaired) electrons. The molecular formula is C13H20ClNO2. The van der Waals surface area contributed by atoms with E-state index in [-0.39, 0.29) is 12.4 Å². The molecule has 0 saturated carbocycles. The maximum absolute atomic E-state index is 5.36. The Balaban J connectivity index is 0.00000144. The highest BCUT2D eigenvalue weighted by molar-refractivity contribution is 5.85. The summed E-state index contributed by atoms with van der Waals surface area (Å²) < 4.78 is 10.6. The Hall–Kier alpha value is -0.930. The first-order valence-electron chi connectivity index (χ1n) is 5.91. The van der Waals surface area contributed by atoms with Crippen LogP contribution >= 0.6 is 12.4 Å². The Morgan fingerprint density at radius 1 is 1.29 bits per heavy atom. The van der Waals surface area contributed by atoms with Crippen molar-refractivity contribution in [2.45, 2.75) is 32.7 Å². The van der Waals surface area contributed by atoms with Gasteiger partial charge in [-0.05, 0) is 44.0 Å². The zero-order valence-corrected chi connectivity index (χ0v) is 11.2. The number of hydrogen-bond donors (Lipinski definition) is 1. The lowest BCUT2D eigenvalue weighted by Crippen LogP contribution is -2.28. The van der Waals surface area contributed by atoms with E-state index in [9.17, 15) is 0 Å². The second-order valence-corrected chi connectivity index (χ2v) is 4.25. The van der Waals surface area contributed by atoms with Crippen molar-refractivity contribution in [2.24, 2.45) is 0 Å². The summed E-state index contributed by atoms with van der Waals surface area (Å²) in [4.78, 5) is 0. The van der Waals surface area contributed by atoms with Crippen molar-refractivity contribution in [3.05, 3.63) is 23.8 Å². The fourth-order valence-corrected chi connectivity index (χ4v) is 1.88. The topological polar surface area (TPSA) is 30.5 Å². The molecule has 1 aromatic carbocycles. The van der Waals surface area contributed by atoms with Gasteiger partial charge in [-0.2, -0.15) is 0 Å². The number of benzene rings is 1. The Kier molecular flexibility index (Phi) is 5.59. The van der Waals surface area contributed by atoms with E-state index in [1.807, 2.05) is 6.07 Å². The van der Waals surface area contributed by atoms with E-state index in [1.54, 1.807) is 0 Å². The third-order valence-electron chi connectivity index (χ3n) is 2.72. The molecule has 1 aliphatic heterocycles. The van der Waals surface area contributed by atoms with Gasteiger partial charge in [0.25, 0.3) is 0 Å². The van der Waals surface area contributed by atoms with Crippen LogP contribution in [0.3, 0.4) is 0 Å². The maximum Gasteiger partial charge on any atom is 0.231 e. The van der Waals surface area contributed by atoms with Crippen LogP contribution in [0, 0.1) is 0 Å². The Morgan fingerprint density at radius 2 is 2.06 bits per heavy atom. The van der Waals surface area contributed by atoms with Crippen LogP contribution in [-0.2, 0) is 6.42 Å². The molecule has 0 amide bonds. The molecule has 0 aliphatic carbocycles. The van der Waals surface area contributed by atoms with E-state index in [0.717, 1.165) is 24.5 Å². The van der Waals surface area contributed by atoms with Gasteiger partial charge in [0.05, 0.1) is 0 Å². The molecule has 1 unspecified atom stereocenters. The molecule has 1 heterocycles. The lowest BCUT2D eigenvalue weighted by Gasteiger charge is -2.13. The fourth-order valence-electron chi connectivity index (χ4n) is 1.88. The lowest BCUT2D eigenvalue weighted by atomic mass is 10.1. The lowest BCUT2D eigenvalue weighted by molar-refractivity contribution is 0.174. The average Bonchev–Trinajstić information content (AvgIpc) is 2.73. The summed E-state index contributed by atoms with van der Waals surface area (Å²) in [5.41, 5.74) is 1.29. The molecule has 1 aliphatic rings. The highest BCUT2D eigenvalue weighted by atomic mass is 35.5. The predicted molar refractivity (Wildman–Crippen MR) is 71.3 cm³/mol. The van der Waals surface area contributed by atoms with Crippen LogP contribution in [0.5, 0.6) is 11.5 Å². The number of fused-ring (bicyclic) bond motifs is 1. The minimum absolute atomic E-state index is 0. The number of hydrogen-bond acceptors (Lipinski definition) is 3. The van der Waals surface area contributed by atoms with E-state index in [0.29, 0.717) is 12.8 Å². The first kappa shape index (κ1) is 14.1. The third-order valence-corrected chi connectivity index (χ3v) is 2.72. The SMILES string of the molecule is CCCNC(C)Cc1ccc2c(c1)OCO2.Cl. The van der Waals surface area contributed by atoms with Crippen LogP contribution in [0.4, 0.5) is 0 Å². The van der Waals surface area contributed by atoms with Gasteiger partial charge < -0.3 is 14.8 Å². The van der Waals surface area contributed by atoms with Gasteiger partial charge in [0.15, 0.2) is 11.5 Å². The van der Waals surface area contributed by atoms with Crippen molar-refractivity contribution in [3.8, 4) is 11.5 Å². The largest absolute Gasteiger partial charge is 0.454 e. The minimum Gasteiger partial charge on any atom is -0.454 e. The van der Waals surface area contributed by atoms with Gasteiger partial charge in [-0.25, -0.2) is 0 Å². The van der Waals surface area contributed by atoms with Crippen molar-refractivity contribution < 1.29 is 9.47 Å². The second-order valence-electron chi connectivity index (χ2n) is 4.25. The summed E-state index contributed by atoms with van der Waals surface area (Å²) in [6.07, 6.45) is 2.20.